The highest BCUT2D eigenvalue weighted by Gasteiger charge is 2.44. The van der Waals surface area contributed by atoms with Gasteiger partial charge in [0.05, 0.1) is 59.6 Å². The fraction of sp³-hybridized carbons (Fsp3) is 0.270. The minimum atomic E-state index is -0.714. The molecule has 9 rings (SSSR count). The number of aromatic amines is 1. The summed E-state index contributed by atoms with van der Waals surface area (Å²) in [4.78, 5) is 39.1. The van der Waals surface area contributed by atoms with Gasteiger partial charge in [0.25, 0.3) is 11.8 Å². The molecule has 0 saturated carbocycles. The first-order valence-electron chi connectivity index (χ1n) is 16.5. The van der Waals surface area contributed by atoms with Crippen LogP contribution >= 0.6 is 11.3 Å². The van der Waals surface area contributed by atoms with Crippen molar-refractivity contribution in [3.63, 3.8) is 0 Å². The predicted octanol–water partition coefficient (Wildman–Crippen LogP) is 6.26. The maximum absolute atomic E-state index is 14.3. The van der Waals surface area contributed by atoms with Crippen molar-refractivity contribution in [3.8, 4) is 27.6 Å². The van der Waals surface area contributed by atoms with Gasteiger partial charge in [0, 0.05) is 23.2 Å². The lowest BCUT2D eigenvalue weighted by molar-refractivity contribution is 0.00352. The Hall–Kier alpha value is -5.40. The van der Waals surface area contributed by atoms with Crippen molar-refractivity contribution in [2.75, 3.05) is 32.2 Å². The third kappa shape index (κ3) is 5.07. The minimum absolute atomic E-state index is 0.0498. The van der Waals surface area contributed by atoms with Crippen LogP contribution in [0, 0.1) is 5.82 Å². The molecule has 0 radical (unpaired) electrons. The number of anilines is 1. The third-order valence-electron chi connectivity index (χ3n) is 9.87. The molecule has 0 bridgehead atoms. The number of pyridine rings is 2. The average molecular weight is 691 g/mol. The lowest BCUT2D eigenvalue weighted by Crippen LogP contribution is -2.38. The molecule has 6 heterocycles. The molecule has 1 saturated heterocycles. The van der Waals surface area contributed by atoms with Crippen LogP contribution in [0.4, 0.5) is 10.2 Å². The molecule has 13 heteroatoms. The lowest BCUT2D eigenvalue weighted by atomic mass is 9.93. The van der Waals surface area contributed by atoms with E-state index < -0.39 is 5.76 Å². The second kappa shape index (κ2) is 12.2. The Morgan fingerprint density at radius 1 is 1.10 bits per heavy atom. The van der Waals surface area contributed by atoms with E-state index in [1.807, 2.05) is 29.2 Å². The largest absolute Gasteiger partial charge is 0.496 e. The van der Waals surface area contributed by atoms with E-state index in [-0.39, 0.29) is 29.7 Å². The van der Waals surface area contributed by atoms with Gasteiger partial charge in [0.1, 0.15) is 17.4 Å². The van der Waals surface area contributed by atoms with Gasteiger partial charge in [-0.25, -0.2) is 19.3 Å². The Kier molecular flexibility index (Phi) is 7.46. The van der Waals surface area contributed by atoms with Crippen LogP contribution in [0.25, 0.3) is 32.0 Å². The number of rotatable bonds is 8. The predicted molar refractivity (Wildman–Crippen MR) is 185 cm³/mol. The van der Waals surface area contributed by atoms with Crippen molar-refractivity contribution < 1.29 is 23.1 Å². The molecule has 3 aliphatic rings. The first-order chi connectivity index (χ1) is 24.5. The standard InChI is InChI=1S/C37H31FN6O5S/c1-47-27-4-2-3-22-23(27)10-12-24(22)41-34-33-20(13-14-39-34)17-28(50-33)30-29(35-42-43-37(46)49-35)25(11-7-19-5-8-21(38)9-6-19)40-32-26-18-48-16-15-44(26)36(45)31(30)32/h2-6,8-9,13-14,17,24,26H,7,10-12,15-16,18H2,1H3,(H,39,41)(H,43,46)/t24-,26?/m1/s1. The fourth-order valence-electron chi connectivity index (χ4n) is 7.56. The summed E-state index contributed by atoms with van der Waals surface area (Å²) < 4.78 is 31.7. The number of methoxy groups -OCH3 is 1. The number of aryl methyl sites for hydroxylation is 2. The number of ether oxygens (including phenoxy) is 2. The van der Waals surface area contributed by atoms with Crippen molar-refractivity contribution in [2.24, 2.45) is 0 Å². The molecular formula is C37H31FN6O5S. The van der Waals surface area contributed by atoms with E-state index in [0.717, 1.165) is 44.9 Å². The maximum Gasteiger partial charge on any atom is 0.434 e. The normalized spacial score (nSPS) is 18.0. The number of hydrogen-bond donors (Lipinski definition) is 2. The highest BCUT2D eigenvalue weighted by Crippen LogP contribution is 2.49. The number of halogens is 1. The highest BCUT2D eigenvalue weighted by molar-refractivity contribution is 7.23. The number of aromatic nitrogens is 4. The smallest absolute Gasteiger partial charge is 0.434 e. The molecule has 4 aromatic heterocycles. The van der Waals surface area contributed by atoms with Gasteiger partial charge in [-0.05, 0) is 78.1 Å². The van der Waals surface area contributed by atoms with Crippen LogP contribution in [0.5, 0.6) is 5.75 Å². The molecule has 1 amide bonds. The second-order valence-corrected chi connectivity index (χ2v) is 13.7. The van der Waals surface area contributed by atoms with Gasteiger partial charge in [-0.3, -0.25) is 9.78 Å². The molecule has 1 fully saturated rings. The van der Waals surface area contributed by atoms with Gasteiger partial charge in [0.2, 0.25) is 0 Å². The van der Waals surface area contributed by atoms with Crippen LogP contribution in [0.2, 0.25) is 0 Å². The number of thiophene rings is 1. The number of H-pyrrole nitrogens is 1. The summed E-state index contributed by atoms with van der Waals surface area (Å²) >= 11 is 1.51. The molecule has 2 aromatic carbocycles. The number of benzene rings is 2. The zero-order valence-corrected chi connectivity index (χ0v) is 27.8. The van der Waals surface area contributed by atoms with E-state index in [9.17, 15) is 14.0 Å². The summed E-state index contributed by atoms with van der Waals surface area (Å²) in [5.74, 6) is 0.507. The maximum atomic E-state index is 14.3. The molecule has 2 atom stereocenters. The first-order valence-corrected chi connectivity index (χ1v) is 17.4. The summed E-state index contributed by atoms with van der Waals surface area (Å²) in [5.41, 5.74) is 6.10. The van der Waals surface area contributed by atoms with Crippen molar-refractivity contribution in [1.82, 2.24) is 25.1 Å². The molecule has 252 valence electrons. The van der Waals surface area contributed by atoms with Gasteiger partial charge in [-0.1, -0.05) is 24.3 Å². The van der Waals surface area contributed by atoms with Crippen LogP contribution in [0.3, 0.4) is 0 Å². The number of hydrogen-bond acceptors (Lipinski definition) is 10. The number of nitrogens with zero attached hydrogens (tertiary/aromatic N) is 4. The first kappa shape index (κ1) is 30.6. The van der Waals surface area contributed by atoms with E-state index in [1.54, 1.807) is 25.4 Å². The van der Waals surface area contributed by atoms with E-state index in [4.69, 9.17) is 23.9 Å². The molecule has 1 aliphatic carbocycles. The van der Waals surface area contributed by atoms with Gasteiger partial charge < -0.3 is 24.1 Å². The van der Waals surface area contributed by atoms with Crippen LogP contribution in [-0.2, 0) is 24.0 Å². The third-order valence-corrected chi connectivity index (χ3v) is 11.0. The monoisotopic (exact) mass is 690 g/mol. The van der Waals surface area contributed by atoms with Gasteiger partial charge in [0.15, 0.2) is 0 Å². The number of amides is 1. The SMILES string of the molecule is COc1cccc2c1CC[C@H]2Nc1nccc2cc(-c3c4c(nc(CCc5ccc(F)cc5)c3-c3n[nH]c(=O)o3)C3COCCN3C4=O)sc12. The van der Waals surface area contributed by atoms with E-state index in [0.29, 0.717) is 60.7 Å². The molecule has 1 unspecified atom stereocenters. The van der Waals surface area contributed by atoms with Gasteiger partial charge in [-0.15, -0.1) is 16.4 Å². The molecule has 11 nitrogen and oxygen atoms in total. The topological polar surface area (TPSA) is 135 Å². The molecular weight excluding hydrogens is 660 g/mol. The molecule has 2 N–H and O–H groups in total. The zero-order chi connectivity index (χ0) is 33.9. The molecule has 50 heavy (non-hydrogen) atoms. The summed E-state index contributed by atoms with van der Waals surface area (Å²) in [6.45, 7) is 1.20. The van der Waals surface area contributed by atoms with Crippen molar-refractivity contribution in [2.45, 2.75) is 37.8 Å². The lowest BCUT2D eigenvalue weighted by Gasteiger charge is -2.29. The number of carbonyl (C=O) groups is 1. The van der Waals surface area contributed by atoms with Gasteiger partial charge in [-0.2, -0.15) is 0 Å². The Bertz CT molecular complexity index is 2350. The average Bonchev–Trinajstić information content (AvgIpc) is 3.93. The quantitative estimate of drug-likeness (QED) is 0.190. The Morgan fingerprint density at radius 3 is 2.80 bits per heavy atom. The number of carbonyl (C=O) groups excluding carboxylic acids is 1. The molecule has 2 aliphatic heterocycles. The molecule has 6 aromatic rings. The van der Waals surface area contributed by atoms with Crippen molar-refractivity contribution in [3.05, 3.63) is 111 Å². The van der Waals surface area contributed by atoms with Crippen LogP contribution in [0.15, 0.2) is 70.0 Å². The van der Waals surface area contributed by atoms with Gasteiger partial charge >= 0.3 is 5.76 Å². The van der Waals surface area contributed by atoms with Crippen LogP contribution in [0.1, 0.15) is 56.9 Å². The van der Waals surface area contributed by atoms with E-state index in [1.165, 1.54) is 34.6 Å². The Labute approximate surface area is 289 Å². The number of nitrogens with one attached hydrogen (secondary N) is 2. The Morgan fingerprint density at radius 2 is 1.98 bits per heavy atom. The fourth-order valence-corrected chi connectivity index (χ4v) is 8.72. The summed E-state index contributed by atoms with van der Waals surface area (Å²) in [7, 11) is 1.70. The van der Waals surface area contributed by atoms with Crippen LogP contribution in [-0.4, -0.2) is 57.8 Å². The second-order valence-electron chi connectivity index (χ2n) is 12.7. The Balaban J connectivity index is 1.21. The summed E-state index contributed by atoms with van der Waals surface area (Å²) in [5, 5.41) is 11.3. The van der Waals surface area contributed by atoms with E-state index >= 15 is 0 Å². The highest BCUT2D eigenvalue weighted by atomic mass is 32.1. The summed E-state index contributed by atoms with van der Waals surface area (Å²) in [6, 6.07) is 16.2. The van der Waals surface area contributed by atoms with Crippen molar-refractivity contribution in [1.29, 1.82) is 0 Å². The summed E-state index contributed by atoms with van der Waals surface area (Å²) in [6.07, 6.45) is 4.53. The zero-order valence-electron chi connectivity index (χ0n) is 27.0. The van der Waals surface area contributed by atoms with Crippen LogP contribution < -0.4 is 15.8 Å². The number of fused-ring (bicyclic) bond motifs is 5. The minimum Gasteiger partial charge on any atom is -0.496 e. The van der Waals surface area contributed by atoms with Crippen molar-refractivity contribution >= 4 is 33.1 Å². The molecule has 0 spiro atoms. The van der Waals surface area contributed by atoms with E-state index in [2.05, 4.69) is 21.6 Å². The number of morpholine rings is 1.